The molecule has 4 aromatic rings. The molecule has 2 aromatic heterocycles. The number of halogens is 1. The molecule has 0 saturated carbocycles. The molecule has 0 bridgehead atoms. The number of esters is 1. The lowest BCUT2D eigenvalue weighted by Crippen LogP contribution is -2.36. The molecule has 0 atom stereocenters. The number of anilines is 1. The Morgan fingerprint density at radius 2 is 1.97 bits per heavy atom. The van der Waals surface area contributed by atoms with Crippen molar-refractivity contribution >= 4 is 33.6 Å². The third-order valence-electron chi connectivity index (χ3n) is 6.07. The number of nitrogens with zero attached hydrogens (tertiary/aromatic N) is 4. The first kappa shape index (κ1) is 22.2. The molecule has 176 valence electrons. The van der Waals surface area contributed by atoms with Crippen molar-refractivity contribution in [3.05, 3.63) is 59.8 Å². The highest BCUT2D eigenvalue weighted by Crippen LogP contribution is 2.33. The van der Waals surface area contributed by atoms with E-state index in [0.717, 1.165) is 16.9 Å². The number of ether oxygens (including phenoxy) is 3. The van der Waals surface area contributed by atoms with Crippen molar-refractivity contribution in [1.29, 1.82) is 0 Å². The second-order valence-corrected chi connectivity index (χ2v) is 8.02. The van der Waals surface area contributed by atoms with Gasteiger partial charge in [0.15, 0.2) is 0 Å². The maximum atomic E-state index is 14.6. The number of hydrogen-bond acceptors (Lipinski definition) is 7. The van der Waals surface area contributed by atoms with Crippen LogP contribution in [-0.2, 0) is 20.6 Å². The molecule has 9 heteroatoms. The van der Waals surface area contributed by atoms with Crippen molar-refractivity contribution in [1.82, 2.24) is 14.5 Å². The summed E-state index contributed by atoms with van der Waals surface area (Å²) in [6.45, 7) is 3.07. The molecule has 1 aliphatic heterocycles. The van der Waals surface area contributed by atoms with Crippen molar-refractivity contribution in [3.8, 4) is 5.69 Å². The standard InChI is InChI=1S/C25H25FN4O4/c1-32-11-7-22-28-24-18(25(31)33-2)14-16(29-9-12-34-13-10-29)15-21(24)30(22)20-6-8-27-23-17(20)4-3-5-19(23)26/h3-6,8,14-15H,7,9-13H2,1-2H3. The number of pyridine rings is 1. The van der Waals surface area contributed by atoms with E-state index in [-0.39, 0.29) is 5.52 Å². The number of fused-ring (bicyclic) bond motifs is 2. The van der Waals surface area contributed by atoms with E-state index >= 15 is 0 Å². The highest BCUT2D eigenvalue weighted by molar-refractivity contribution is 6.05. The number of methoxy groups -OCH3 is 2. The fourth-order valence-electron chi connectivity index (χ4n) is 4.43. The van der Waals surface area contributed by atoms with Gasteiger partial charge in [-0.3, -0.25) is 9.55 Å². The number of carbonyl (C=O) groups is 1. The van der Waals surface area contributed by atoms with Crippen LogP contribution >= 0.6 is 0 Å². The monoisotopic (exact) mass is 464 g/mol. The average Bonchev–Trinajstić information content (AvgIpc) is 3.25. The third kappa shape index (κ3) is 3.86. The zero-order valence-electron chi connectivity index (χ0n) is 19.1. The second kappa shape index (κ2) is 9.36. The van der Waals surface area contributed by atoms with Crippen LogP contribution in [0, 0.1) is 5.82 Å². The summed E-state index contributed by atoms with van der Waals surface area (Å²) in [5.41, 5.74) is 3.51. The molecule has 0 unspecified atom stereocenters. The molecule has 5 rings (SSSR count). The van der Waals surface area contributed by atoms with Crippen LogP contribution < -0.4 is 4.90 Å². The van der Waals surface area contributed by atoms with Gasteiger partial charge in [-0.1, -0.05) is 12.1 Å². The van der Waals surface area contributed by atoms with Gasteiger partial charge >= 0.3 is 5.97 Å². The summed E-state index contributed by atoms with van der Waals surface area (Å²) in [5.74, 6) is -0.168. The summed E-state index contributed by atoms with van der Waals surface area (Å²) in [6, 6.07) is 10.6. The van der Waals surface area contributed by atoms with Crippen LogP contribution in [0.4, 0.5) is 10.1 Å². The first-order chi connectivity index (χ1) is 16.6. The molecule has 8 nitrogen and oxygen atoms in total. The molecule has 0 aliphatic carbocycles. The number of aromatic nitrogens is 3. The summed E-state index contributed by atoms with van der Waals surface area (Å²) in [4.78, 5) is 24.0. The number of morpholine rings is 1. The SMILES string of the molecule is COCCc1nc2c(C(=O)OC)cc(N3CCOCC3)cc2n1-c1ccnc2c(F)cccc12. The normalized spacial score (nSPS) is 14.1. The Hall–Kier alpha value is -3.56. The zero-order valence-corrected chi connectivity index (χ0v) is 19.1. The number of para-hydroxylation sites is 1. The molecule has 1 saturated heterocycles. The van der Waals surface area contributed by atoms with Crippen LogP contribution in [0.5, 0.6) is 0 Å². The number of hydrogen-bond donors (Lipinski definition) is 0. The maximum absolute atomic E-state index is 14.6. The molecule has 2 aromatic carbocycles. The summed E-state index contributed by atoms with van der Waals surface area (Å²) in [6.07, 6.45) is 2.08. The first-order valence-electron chi connectivity index (χ1n) is 11.1. The highest BCUT2D eigenvalue weighted by Gasteiger charge is 2.24. The fourth-order valence-corrected chi connectivity index (χ4v) is 4.43. The van der Waals surface area contributed by atoms with Gasteiger partial charge in [0.2, 0.25) is 0 Å². The Morgan fingerprint density at radius 3 is 2.74 bits per heavy atom. The van der Waals surface area contributed by atoms with Crippen molar-refractivity contribution in [2.75, 3.05) is 52.0 Å². The van der Waals surface area contributed by atoms with Gasteiger partial charge in [-0.05, 0) is 24.3 Å². The molecule has 0 amide bonds. The van der Waals surface area contributed by atoms with Gasteiger partial charge in [-0.2, -0.15) is 0 Å². The Labute approximate surface area is 195 Å². The Kier molecular flexibility index (Phi) is 6.12. The predicted octanol–water partition coefficient (Wildman–Crippen LogP) is 3.52. The molecular formula is C25H25FN4O4. The minimum atomic E-state index is -0.464. The Bertz CT molecular complexity index is 1360. The smallest absolute Gasteiger partial charge is 0.340 e. The second-order valence-electron chi connectivity index (χ2n) is 8.02. The number of benzene rings is 2. The van der Waals surface area contributed by atoms with Gasteiger partial charge in [0.05, 0.1) is 43.7 Å². The van der Waals surface area contributed by atoms with Gasteiger partial charge < -0.3 is 19.1 Å². The van der Waals surface area contributed by atoms with E-state index in [4.69, 9.17) is 19.2 Å². The Balaban J connectivity index is 1.82. The van der Waals surface area contributed by atoms with Crippen LogP contribution in [0.25, 0.3) is 27.6 Å². The molecule has 0 N–H and O–H groups in total. The van der Waals surface area contributed by atoms with Gasteiger partial charge in [0.25, 0.3) is 0 Å². The van der Waals surface area contributed by atoms with E-state index < -0.39 is 11.8 Å². The lowest BCUT2D eigenvalue weighted by atomic mass is 10.1. The summed E-state index contributed by atoms with van der Waals surface area (Å²) < 4.78 is 32.4. The van der Waals surface area contributed by atoms with Crippen LogP contribution in [-0.4, -0.2) is 67.6 Å². The lowest BCUT2D eigenvalue weighted by molar-refractivity contribution is 0.0603. The van der Waals surface area contributed by atoms with Crippen molar-refractivity contribution < 1.29 is 23.4 Å². The van der Waals surface area contributed by atoms with E-state index in [1.165, 1.54) is 13.2 Å². The van der Waals surface area contributed by atoms with Gasteiger partial charge in [-0.25, -0.2) is 14.2 Å². The van der Waals surface area contributed by atoms with E-state index in [0.29, 0.717) is 61.6 Å². The van der Waals surface area contributed by atoms with Crippen molar-refractivity contribution in [2.24, 2.45) is 0 Å². The summed E-state index contributed by atoms with van der Waals surface area (Å²) in [7, 11) is 2.98. The largest absolute Gasteiger partial charge is 0.465 e. The molecule has 34 heavy (non-hydrogen) atoms. The minimum Gasteiger partial charge on any atom is -0.465 e. The fraction of sp³-hybridized carbons (Fsp3) is 0.320. The maximum Gasteiger partial charge on any atom is 0.340 e. The number of carbonyl (C=O) groups excluding carboxylic acids is 1. The van der Waals surface area contributed by atoms with Crippen LogP contribution in [0.15, 0.2) is 42.6 Å². The third-order valence-corrected chi connectivity index (χ3v) is 6.07. The van der Waals surface area contributed by atoms with Crippen LogP contribution in [0.1, 0.15) is 16.2 Å². The van der Waals surface area contributed by atoms with Gasteiger partial charge in [-0.15, -0.1) is 0 Å². The van der Waals surface area contributed by atoms with E-state index in [1.54, 1.807) is 19.4 Å². The zero-order chi connectivity index (χ0) is 23.7. The predicted molar refractivity (Wildman–Crippen MR) is 126 cm³/mol. The molecule has 1 fully saturated rings. The van der Waals surface area contributed by atoms with Crippen LogP contribution in [0.2, 0.25) is 0 Å². The van der Waals surface area contributed by atoms with E-state index in [2.05, 4.69) is 9.88 Å². The molecule has 0 radical (unpaired) electrons. The lowest BCUT2D eigenvalue weighted by Gasteiger charge is -2.29. The highest BCUT2D eigenvalue weighted by atomic mass is 19.1. The van der Waals surface area contributed by atoms with E-state index in [1.807, 2.05) is 28.8 Å². The quantitative estimate of drug-likeness (QED) is 0.404. The summed E-state index contributed by atoms with van der Waals surface area (Å²) in [5, 5.41) is 0.650. The number of rotatable bonds is 6. The van der Waals surface area contributed by atoms with Gasteiger partial charge in [0, 0.05) is 43.9 Å². The number of imidazole rings is 1. The first-order valence-corrected chi connectivity index (χ1v) is 11.1. The Morgan fingerprint density at radius 1 is 1.15 bits per heavy atom. The molecular weight excluding hydrogens is 439 g/mol. The van der Waals surface area contributed by atoms with E-state index in [9.17, 15) is 9.18 Å². The average molecular weight is 464 g/mol. The van der Waals surface area contributed by atoms with Crippen molar-refractivity contribution in [2.45, 2.75) is 6.42 Å². The van der Waals surface area contributed by atoms with Crippen molar-refractivity contribution in [3.63, 3.8) is 0 Å². The topological polar surface area (TPSA) is 78.7 Å². The molecule has 1 aliphatic rings. The van der Waals surface area contributed by atoms with Crippen LogP contribution in [0.3, 0.4) is 0 Å². The molecule has 3 heterocycles. The molecule has 0 spiro atoms. The van der Waals surface area contributed by atoms with Gasteiger partial charge in [0.1, 0.15) is 22.7 Å². The minimum absolute atomic E-state index is 0.275. The summed E-state index contributed by atoms with van der Waals surface area (Å²) >= 11 is 0.